The molecule has 25 heavy (non-hydrogen) atoms. The summed E-state index contributed by atoms with van der Waals surface area (Å²) >= 11 is 6.08. The molecule has 0 bridgehead atoms. The number of rotatable bonds is 5. The summed E-state index contributed by atoms with van der Waals surface area (Å²) in [6, 6.07) is 16.1. The average Bonchev–Trinajstić information content (AvgIpc) is 3.02. The minimum absolute atomic E-state index is 0.134. The molecule has 0 aliphatic carbocycles. The molecule has 2 N–H and O–H groups in total. The lowest BCUT2D eigenvalue weighted by atomic mass is 10.1. The zero-order valence-electron chi connectivity index (χ0n) is 13.7. The molecule has 3 rings (SSSR count). The summed E-state index contributed by atoms with van der Waals surface area (Å²) in [5.41, 5.74) is 1.50. The van der Waals surface area contributed by atoms with Crippen LogP contribution >= 0.6 is 11.6 Å². The van der Waals surface area contributed by atoms with E-state index in [0.29, 0.717) is 23.7 Å². The van der Waals surface area contributed by atoms with Crippen molar-refractivity contribution < 1.29 is 9.59 Å². The molecular formula is C19H20ClN3O2. The first-order chi connectivity index (χ1) is 12.1. The van der Waals surface area contributed by atoms with Gasteiger partial charge in [0.25, 0.3) is 0 Å². The van der Waals surface area contributed by atoms with Crippen LogP contribution in [0.3, 0.4) is 0 Å². The minimum atomic E-state index is -0.353. The van der Waals surface area contributed by atoms with E-state index in [1.54, 1.807) is 29.2 Å². The molecule has 1 saturated heterocycles. The molecular weight excluding hydrogens is 338 g/mol. The Hall–Kier alpha value is -2.53. The van der Waals surface area contributed by atoms with Crippen LogP contribution in [0.15, 0.2) is 54.6 Å². The summed E-state index contributed by atoms with van der Waals surface area (Å²) in [4.78, 5) is 26.2. The molecule has 1 heterocycles. The van der Waals surface area contributed by atoms with Gasteiger partial charge in [-0.05, 0) is 24.1 Å². The third-order valence-electron chi connectivity index (χ3n) is 4.20. The number of urea groups is 1. The van der Waals surface area contributed by atoms with Crippen LogP contribution in [-0.4, -0.2) is 29.9 Å². The Balaban J connectivity index is 1.72. The zero-order chi connectivity index (χ0) is 17.6. The molecule has 1 atom stereocenters. The van der Waals surface area contributed by atoms with Gasteiger partial charge in [0.15, 0.2) is 0 Å². The van der Waals surface area contributed by atoms with E-state index in [9.17, 15) is 9.59 Å². The Morgan fingerprint density at radius 2 is 1.84 bits per heavy atom. The Kier molecular flexibility index (Phi) is 5.56. The first kappa shape index (κ1) is 17.3. The van der Waals surface area contributed by atoms with Gasteiger partial charge in [-0.1, -0.05) is 54.1 Å². The van der Waals surface area contributed by atoms with Crippen molar-refractivity contribution in [2.75, 3.05) is 18.4 Å². The lowest BCUT2D eigenvalue weighted by Crippen LogP contribution is -2.40. The fourth-order valence-electron chi connectivity index (χ4n) is 2.92. The second kappa shape index (κ2) is 8.03. The Morgan fingerprint density at radius 3 is 2.52 bits per heavy atom. The predicted octanol–water partition coefficient (Wildman–Crippen LogP) is 3.83. The van der Waals surface area contributed by atoms with Gasteiger partial charge in [-0.3, -0.25) is 4.79 Å². The van der Waals surface area contributed by atoms with Crippen LogP contribution in [0.5, 0.6) is 0 Å². The average molecular weight is 358 g/mol. The van der Waals surface area contributed by atoms with Crippen LogP contribution in [-0.2, 0) is 4.79 Å². The molecule has 0 spiro atoms. The van der Waals surface area contributed by atoms with Gasteiger partial charge in [0.2, 0.25) is 5.91 Å². The van der Waals surface area contributed by atoms with E-state index in [4.69, 9.17) is 11.6 Å². The lowest BCUT2D eigenvalue weighted by molar-refractivity contribution is -0.128. The molecule has 0 radical (unpaired) electrons. The highest BCUT2D eigenvalue weighted by Gasteiger charge is 2.25. The van der Waals surface area contributed by atoms with E-state index in [1.165, 1.54) is 0 Å². The van der Waals surface area contributed by atoms with Crippen LogP contribution in [0.25, 0.3) is 0 Å². The van der Waals surface area contributed by atoms with Gasteiger partial charge in [0.05, 0.1) is 16.8 Å². The fourth-order valence-corrected chi connectivity index (χ4v) is 3.10. The Morgan fingerprint density at radius 1 is 1.12 bits per heavy atom. The molecule has 0 saturated carbocycles. The van der Waals surface area contributed by atoms with Crippen molar-refractivity contribution >= 4 is 29.2 Å². The molecule has 2 aromatic rings. The highest BCUT2D eigenvalue weighted by atomic mass is 35.5. The summed E-state index contributed by atoms with van der Waals surface area (Å²) in [5, 5.41) is 6.19. The number of likely N-dealkylation sites (tertiary alicyclic amines) is 1. The summed E-state index contributed by atoms with van der Waals surface area (Å²) in [7, 11) is 0. The number of carbonyl (C=O) groups is 2. The normalized spacial score (nSPS) is 15.1. The standard InChI is InChI=1S/C19H20ClN3O2/c20-15-9-4-5-10-16(15)21-19(25)22-17(14-7-2-1-3-8-14)13-23-12-6-11-18(23)24/h1-5,7-10,17H,6,11-13H2,(H2,21,22,25). The van der Waals surface area contributed by atoms with Crippen molar-refractivity contribution in [3.8, 4) is 0 Å². The molecule has 3 amide bonds. The van der Waals surface area contributed by atoms with Crippen molar-refractivity contribution in [3.63, 3.8) is 0 Å². The van der Waals surface area contributed by atoms with Crippen LogP contribution in [0.2, 0.25) is 5.02 Å². The quantitative estimate of drug-likeness (QED) is 0.854. The number of hydrogen-bond donors (Lipinski definition) is 2. The van der Waals surface area contributed by atoms with E-state index in [-0.39, 0.29) is 18.0 Å². The van der Waals surface area contributed by atoms with Gasteiger partial charge >= 0.3 is 6.03 Å². The summed E-state index contributed by atoms with van der Waals surface area (Å²) in [6.07, 6.45) is 1.44. The molecule has 6 heteroatoms. The number of nitrogens with zero attached hydrogens (tertiary/aromatic N) is 1. The van der Waals surface area contributed by atoms with Gasteiger partial charge in [0.1, 0.15) is 0 Å². The molecule has 130 valence electrons. The zero-order valence-corrected chi connectivity index (χ0v) is 14.5. The number of benzene rings is 2. The largest absolute Gasteiger partial charge is 0.340 e. The lowest BCUT2D eigenvalue weighted by Gasteiger charge is -2.25. The Labute approximate surface area is 152 Å². The molecule has 1 fully saturated rings. The van der Waals surface area contributed by atoms with Crippen LogP contribution < -0.4 is 10.6 Å². The smallest absolute Gasteiger partial charge is 0.319 e. The maximum Gasteiger partial charge on any atom is 0.319 e. The number of nitrogens with one attached hydrogen (secondary N) is 2. The van der Waals surface area contributed by atoms with Gasteiger partial charge in [-0.2, -0.15) is 0 Å². The molecule has 0 aromatic heterocycles. The SMILES string of the molecule is O=C(Nc1ccccc1Cl)NC(CN1CCCC1=O)c1ccccc1. The number of halogens is 1. The number of hydrogen-bond acceptors (Lipinski definition) is 2. The highest BCUT2D eigenvalue weighted by Crippen LogP contribution is 2.22. The maximum absolute atomic E-state index is 12.4. The third-order valence-corrected chi connectivity index (χ3v) is 4.53. The van der Waals surface area contributed by atoms with Crippen molar-refractivity contribution in [2.45, 2.75) is 18.9 Å². The number of carbonyl (C=O) groups excluding carboxylic acids is 2. The topological polar surface area (TPSA) is 61.4 Å². The number of para-hydroxylation sites is 1. The molecule has 5 nitrogen and oxygen atoms in total. The summed E-state index contributed by atoms with van der Waals surface area (Å²) in [6.45, 7) is 1.19. The van der Waals surface area contributed by atoms with E-state index in [2.05, 4.69) is 10.6 Å². The molecule has 1 unspecified atom stereocenters. The van der Waals surface area contributed by atoms with E-state index in [0.717, 1.165) is 18.5 Å². The van der Waals surface area contributed by atoms with Crippen LogP contribution in [0, 0.1) is 0 Å². The van der Waals surface area contributed by atoms with E-state index < -0.39 is 0 Å². The third kappa shape index (κ3) is 4.51. The van der Waals surface area contributed by atoms with Gasteiger partial charge in [-0.25, -0.2) is 4.79 Å². The van der Waals surface area contributed by atoms with Crippen molar-refractivity contribution in [3.05, 3.63) is 65.2 Å². The first-order valence-electron chi connectivity index (χ1n) is 8.28. The minimum Gasteiger partial charge on any atom is -0.340 e. The number of anilines is 1. The van der Waals surface area contributed by atoms with Crippen molar-refractivity contribution in [1.82, 2.24) is 10.2 Å². The second-order valence-electron chi connectivity index (χ2n) is 5.98. The van der Waals surface area contributed by atoms with Crippen molar-refractivity contribution in [1.29, 1.82) is 0 Å². The van der Waals surface area contributed by atoms with Crippen molar-refractivity contribution in [2.24, 2.45) is 0 Å². The first-order valence-corrected chi connectivity index (χ1v) is 8.66. The Bertz CT molecular complexity index is 751. The van der Waals surface area contributed by atoms with Crippen LogP contribution in [0.4, 0.5) is 10.5 Å². The highest BCUT2D eigenvalue weighted by molar-refractivity contribution is 6.33. The van der Waals surface area contributed by atoms with Gasteiger partial charge < -0.3 is 15.5 Å². The summed E-state index contributed by atoms with van der Waals surface area (Å²) in [5.74, 6) is 0.134. The predicted molar refractivity (Wildman–Crippen MR) is 98.6 cm³/mol. The monoisotopic (exact) mass is 357 g/mol. The molecule has 1 aliphatic heterocycles. The maximum atomic E-state index is 12.4. The second-order valence-corrected chi connectivity index (χ2v) is 6.39. The number of amides is 3. The fraction of sp³-hybridized carbons (Fsp3) is 0.263. The van der Waals surface area contributed by atoms with Gasteiger partial charge in [-0.15, -0.1) is 0 Å². The molecule has 2 aromatic carbocycles. The molecule has 1 aliphatic rings. The van der Waals surface area contributed by atoms with E-state index >= 15 is 0 Å². The summed E-state index contributed by atoms with van der Waals surface area (Å²) < 4.78 is 0. The van der Waals surface area contributed by atoms with Crippen LogP contribution in [0.1, 0.15) is 24.4 Å². The van der Waals surface area contributed by atoms with E-state index in [1.807, 2.05) is 30.3 Å². The van der Waals surface area contributed by atoms with Gasteiger partial charge in [0, 0.05) is 19.5 Å².